The predicted octanol–water partition coefficient (Wildman–Crippen LogP) is 5.11. The lowest BCUT2D eigenvalue weighted by atomic mass is 9.84. The van der Waals surface area contributed by atoms with Gasteiger partial charge in [0.05, 0.1) is 6.54 Å². The normalized spacial score (nSPS) is 22.1. The zero-order valence-corrected chi connectivity index (χ0v) is 18.7. The summed E-state index contributed by atoms with van der Waals surface area (Å²) in [5.41, 5.74) is 3.24. The molecule has 0 spiro atoms. The molecule has 166 valence electrons. The molecule has 0 saturated carbocycles. The number of carbonyl (C=O) groups excluding carboxylic acids is 1. The Bertz CT molecular complexity index is 1260. The summed E-state index contributed by atoms with van der Waals surface area (Å²) in [5.74, 6) is 0.801. The van der Waals surface area contributed by atoms with E-state index in [9.17, 15) is 4.79 Å². The number of hydrogen-bond donors (Lipinski definition) is 0. The van der Waals surface area contributed by atoms with Crippen molar-refractivity contribution in [3.63, 3.8) is 0 Å². The highest BCUT2D eigenvalue weighted by atomic mass is 16.2. The molecule has 5 nitrogen and oxygen atoms in total. The second-order valence-corrected chi connectivity index (χ2v) is 9.51. The highest BCUT2D eigenvalue weighted by Crippen LogP contribution is 2.41. The number of amides is 1. The van der Waals surface area contributed by atoms with Gasteiger partial charge in [-0.05, 0) is 72.7 Å². The first-order valence-corrected chi connectivity index (χ1v) is 12.0. The fraction of sp³-hybridized carbons (Fsp3) is 0.321. The van der Waals surface area contributed by atoms with E-state index in [-0.39, 0.29) is 5.91 Å². The molecule has 33 heavy (non-hydrogen) atoms. The molecule has 4 aromatic rings. The average Bonchev–Trinajstić information content (AvgIpc) is 3.45. The molecule has 2 aromatic carbocycles. The SMILES string of the molecule is O=C(c1ccccc1Cn1cccn1)N1C2CCC1CC(Cc1cccc3ccncc13)C2. The number of piperidine rings is 1. The van der Waals surface area contributed by atoms with Crippen LogP contribution in [-0.2, 0) is 13.0 Å². The lowest BCUT2D eigenvalue weighted by molar-refractivity contribution is 0.0523. The van der Waals surface area contributed by atoms with E-state index in [0.29, 0.717) is 24.5 Å². The van der Waals surface area contributed by atoms with Crippen molar-refractivity contribution in [1.29, 1.82) is 0 Å². The Kier molecular flexibility index (Phi) is 5.17. The minimum Gasteiger partial charge on any atom is -0.333 e. The molecule has 1 amide bonds. The largest absolute Gasteiger partial charge is 0.333 e. The zero-order valence-electron chi connectivity index (χ0n) is 18.7. The van der Waals surface area contributed by atoms with E-state index in [1.807, 2.05) is 47.5 Å². The van der Waals surface area contributed by atoms with E-state index in [0.717, 1.165) is 43.2 Å². The molecule has 5 heteroatoms. The van der Waals surface area contributed by atoms with Crippen molar-refractivity contribution >= 4 is 16.7 Å². The van der Waals surface area contributed by atoms with Gasteiger partial charge in [0.25, 0.3) is 5.91 Å². The minimum atomic E-state index is 0.193. The van der Waals surface area contributed by atoms with Gasteiger partial charge in [0.15, 0.2) is 0 Å². The predicted molar refractivity (Wildman–Crippen MR) is 129 cm³/mol. The summed E-state index contributed by atoms with van der Waals surface area (Å²) in [7, 11) is 0. The highest BCUT2D eigenvalue weighted by molar-refractivity contribution is 5.96. The number of hydrogen-bond acceptors (Lipinski definition) is 3. The van der Waals surface area contributed by atoms with E-state index in [1.54, 1.807) is 6.20 Å². The van der Waals surface area contributed by atoms with Crippen LogP contribution < -0.4 is 0 Å². The smallest absolute Gasteiger partial charge is 0.254 e. The molecule has 0 aliphatic carbocycles. The molecule has 2 atom stereocenters. The average molecular weight is 437 g/mol. The van der Waals surface area contributed by atoms with Crippen LogP contribution in [0.2, 0.25) is 0 Å². The first kappa shape index (κ1) is 20.2. The van der Waals surface area contributed by atoms with Gasteiger partial charge in [-0.15, -0.1) is 0 Å². The summed E-state index contributed by atoms with van der Waals surface area (Å²) < 4.78 is 1.88. The second-order valence-electron chi connectivity index (χ2n) is 9.51. The number of rotatable bonds is 5. The van der Waals surface area contributed by atoms with Gasteiger partial charge < -0.3 is 4.90 Å². The Balaban J connectivity index is 1.21. The standard InChI is InChI=1S/C28H28N4O/c33-28(26-8-2-1-5-23(26)19-31-14-4-12-30-31)32-24-9-10-25(32)17-20(16-24)15-22-7-3-6-21-11-13-29-18-27(21)22/h1-8,11-14,18,20,24-25H,9-10,15-17,19H2. The van der Waals surface area contributed by atoms with Gasteiger partial charge in [0.1, 0.15) is 0 Å². The zero-order chi connectivity index (χ0) is 22.2. The van der Waals surface area contributed by atoms with Gasteiger partial charge in [-0.25, -0.2) is 0 Å². The van der Waals surface area contributed by atoms with Crippen LogP contribution in [0.4, 0.5) is 0 Å². The second kappa shape index (κ2) is 8.47. The van der Waals surface area contributed by atoms with E-state index < -0.39 is 0 Å². The molecular weight excluding hydrogens is 408 g/mol. The van der Waals surface area contributed by atoms with Gasteiger partial charge in [-0.2, -0.15) is 5.10 Å². The highest BCUT2D eigenvalue weighted by Gasteiger charge is 2.43. The lowest BCUT2D eigenvalue weighted by Crippen LogP contribution is -2.47. The topological polar surface area (TPSA) is 51.0 Å². The number of nitrogens with zero attached hydrogens (tertiary/aromatic N) is 4. The van der Waals surface area contributed by atoms with Crippen LogP contribution in [0.1, 0.15) is 47.2 Å². The first-order chi connectivity index (χ1) is 16.3. The molecule has 0 N–H and O–H groups in total. The van der Waals surface area contributed by atoms with Crippen LogP contribution in [-0.4, -0.2) is 37.7 Å². The van der Waals surface area contributed by atoms with Crippen molar-refractivity contribution in [3.8, 4) is 0 Å². The fourth-order valence-corrected chi connectivity index (χ4v) is 6.03. The number of pyridine rings is 1. The number of aromatic nitrogens is 3. The maximum Gasteiger partial charge on any atom is 0.254 e. The number of fused-ring (bicyclic) bond motifs is 3. The van der Waals surface area contributed by atoms with Gasteiger partial charge in [-0.3, -0.25) is 14.5 Å². The summed E-state index contributed by atoms with van der Waals surface area (Å²) in [6.45, 7) is 0.621. The third-order valence-corrected chi connectivity index (χ3v) is 7.49. The fourth-order valence-electron chi connectivity index (χ4n) is 6.03. The Morgan fingerprint density at radius 2 is 1.73 bits per heavy atom. The molecule has 2 saturated heterocycles. The molecule has 4 heterocycles. The van der Waals surface area contributed by atoms with Crippen LogP contribution in [0.15, 0.2) is 79.4 Å². The summed E-state index contributed by atoms with van der Waals surface area (Å²) in [5, 5.41) is 6.84. The monoisotopic (exact) mass is 436 g/mol. The molecule has 2 aliphatic rings. The van der Waals surface area contributed by atoms with Crippen molar-refractivity contribution in [2.24, 2.45) is 5.92 Å². The van der Waals surface area contributed by atoms with E-state index in [4.69, 9.17) is 0 Å². The maximum absolute atomic E-state index is 13.7. The molecule has 2 unspecified atom stereocenters. The Labute approximate surface area is 194 Å². The van der Waals surface area contributed by atoms with Crippen LogP contribution in [0, 0.1) is 5.92 Å². The Morgan fingerprint density at radius 1 is 0.909 bits per heavy atom. The molecule has 6 rings (SSSR count). The van der Waals surface area contributed by atoms with Crippen molar-refractivity contribution in [3.05, 3.63) is 96.1 Å². The van der Waals surface area contributed by atoms with Crippen LogP contribution in [0.25, 0.3) is 10.8 Å². The van der Waals surface area contributed by atoms with Crippen molar-refractivity contribution in [2.75, 3.05) is 0 Å². The molecule has 2 fully saturated rings. The van der Waals surface area contributed by atoms with Crippen LogP contribution in [0.3, 0.4) is 0 Å². The third kappa shape index (κ3) is 3.82. The Morgan fingerprint density at radius 3 is 2.55 bits per heavy atom. The third-order valence-electron chi connectivity index (χ3n) is 7.49. The summed E-state index contributed by atoms with van der Waals surface area (Å²) in [4.78, 5) is 20.3. The van der Waals surface area contributed by atoms with E-state index >= 15 is 0 Å². The molecule has 0 radical (unpaired) electrons. The van der Waals surface area contributed by atoms with Gasteiger partial charge in [0.2, 0.25) is 0 Å². The lowest BCUT2D eigenvalue weighted by Gasteiger charge is -2.39. The quantitative estimate of drug-likeness (QED) is 0.437. The molecule has 2 aliphatic heterocycles. The van der Waals surface area contributed by atoms with Gasteiger partial charge in [0, 0.05) is 47.8 Å². The molecule has 2 bridgehead atoms. The summed E-state index contributed by atoms with van der Waals surface area (Å²) >= 11 is 0. The van der Waals surface area contributed by atoms with E-state index in [1.165, 1.54) is 16.3 Å². The number of carbonyl (C=O) groups is 1. The van der Waals surface area contributed by atoms with E-state index in [2.05, 4.69) is 45.3 Å². The van der Waals surface area contributed by atoms with Gasteiger partial charge >= 0.3 is 0 Å². The summed E-state index contributed by atoms with van der Waals surface area (Å²) in [6.07, 6.45) is 13.0. The Hall–Kier alpha value is -3.47. The van der Waals surface area contributed by atoms with Crippen LogP contribution in [0.5, 0.6) is 0 Å². The maximum atomic E-state index is 13.7. The van der Waals surface area contributed by atoms with Crippen molar-refractivity contribution < 1.29 is 4.79 Å². The summed E-state index contributed by atoms with van der Waals surface area (Å²) in [6, 6.07) is 19.3. The number of benzene rings is 2. The van der Waals surface area contributed by atoms with Crippen LogP contribution >= 0.6 is 0 Å². The van der Waals surface area contributed by atoms with Crippen molar-refractivity contribution in [1.82, 2.24) is 19.7 Å². The van der Waals surface area contributed by atoms with Gasteiger partial charge in [-0.1, -0.05) is 36.4 Å². The molecular formula is C28H28N4O. The van der Waals surface area contributed by atoms with Crippen molar-refractivity contribution in [2.45, 2.75) is 50.7 Å². The first-order valence-electron chi connectivity index (χ1n) is 12.0. The minimum absolute atomic E-state index is 0.193. The molecule has 2 aromatic heterocycles.